The van der Waals surface area contributed by atoms with Gasteiger partial charge in [0.25, 0.3) is 0 Å². The standard InChI is InChI=1S/C26H30Cl2N4O3S/c27-21-2-1-16(8-22(21)28)14-36(34,35)32-4-3-20-23(13-32)29-15-30-25(20)31-24(33)12-26-9-17-5-18(10-26)7-19(6-17)11-26/h1-2,8,15,17-19H,3-7,9-14H2,(H,29,30,31,33). The molecule has 192 valence electrons. The number of nitrogens with zero attached hydrogens (tertiary/aromatic N) is 3. The van der Waals surface area contributed by atoms with Crippen LogP contribution in [0.5, 0.6) is 0 Å². The highest BCUT2D eigenvalue weighted by Crippen LogP contribution is 2.61. The van der Waals surface area contributed by atoms with E-state index in [0.717, 1.165) is 23.3 Å². The molecular formula is C26H30Cl2N4O3S. The zero-order valence-electron chi connectivity index (χ0n) is 20.1. The van der Waals surface area contributed by atoms with Gasteiger partial charge in [-0.15, -0.1) is 0 Å². The number of hydrogen-bond acceptors (Lipinski definition) is 5. The zero-order chi connectivity index (χ0) is 25.1. The first-order chi connectivity index (χ1) is 17.2. The van der Waals surface area contributed by atoms with Crippen LogP contribution in [-0.2, 0) is 33.5 Å². The van der Waals surface area contributed by atoms with Crippen molar-refractivity contribution < 1.29 is 13.2 Å². The number of carbonyl (C=O) groups excluding carboxylic acids is 1. The third-order valence-corrected chi connectivity index (χ3v) is 11.2. The number of aromatic nitrogens is 2. The predicted octanol–water partition coefficient (Wildman–Crippen LogP) is 5.22. The number of halogens is 2. The largest absolute Gasteiger partial charge is 0.310 e. The van der Waals surface area contributed by atoms with Crippen molar-refractivity contribution in [1.82, 2.24) is 14.3 Å². The van der Waals surface area contributed by atoms with E-state index in [1.165, 1.54) is 49.2 Å². The summed E-state index contributed by atoms with van der Waals surface area (Å²) in [5, 5.41) is 3.78. The fourth-order valence-electron chi connectivity index (χ4n) is 7.63. The number of hydrogen-bond donors (Lipinski definition) is 1. The Kier molecular flexibility index (Phi) is 6.30. The average Bonchev–Trinajstić information content (AvgIpc) is 2.80. The number of anilines is 1. The zero-order valence-corrected chi connectivity index (χ0v) is 22.4. The molecule has 0 spiro atoms. The SMILES string of the molecule is O=C(CC12CC3CC(CC(C3)C1)C2)Nc1ncnc2c1CCN(S(=O)(=O)Cc1ccc(Cl)c(Cl)c1)C2. The Morgan fingerprint density at radius 2 is 1.75 bits per heavy atom. The van der Waals surface area contributed by atoms with Crippen molar-refractivity contribution in [3.8, 4) is 0 Å². The van der Waals surface area contributed by atoms with Gasteiger partial charge >= 0.3 is 0 Å². The van der Waals surface area contributed by atoms with Gasteiger partial charge in [-0.3, -0.25) is 4.79 Å². The maximum atomic E-state index is 13.2. The van der Waals surface area contributed by atoms with Crippen LogP contribution in [0, 0.1) is 23.2 Å². The smallest absolute Gasteiger partial charge is 0.226 e. The van der Waals surface area contributed by atoms with Gasteiger partial charge in [0.15, 0.2) is 0 Å². The number of amides is 1. The lowest BCUT2D eigenvalue weighted by atomic mass is 9.49. The highest BCUT2D eigenvalue weighted by atomic mass is 35.5. The number of benzene rings is 1. The number of nitrogens with one attached hydrogen (secondary N) is 1. The fraction of sp³-hybridized carbons (Fsp3) is 0.577. The van der Waals surface area contributed by atoms with Gasteiger partial charge in [0.2, 0.25) is 15.9 Å². The quantitative estimate of drug-likeness (QED) is 0.534. The summed E-state index contributed by atoms with van der Waals surface area (Å²) in [6.45, 7) is 0.460. The van der Waals surface area contributed by atoms with Gasteiger partial charge in [0.1, 0.15) is 12.1 Å². The molecule has 7 rings (SSSR count). The van der Waals surface area contributed by atoms with Crippen LogP contribution in [0.3, 0.4) is 0 Å². The fourth-order valence-corrected chi connectivity index (χ4v) is 9.42. The van der Waals surface area contributed by atoms with Gasteiger partial charge in [-0.1, -0.05) is 29.3 Å². The molecule has 2 heterocycles. The first kappa shape index (κ1) is 24.6. The first-order valence-corrected chi connectivity index (χ1v) is 15.1. The molecule has 7 nitrogen and oxygen atoms in total. The molecule has 2 aromatic rings. The molecule has 0 radical (unpaired) electrons. The Labute approximate surface area is 222 Å². The monoisotopic (exact) mass is 548 g/mol. The number of rotatable bonds is 6. The molecule has 4 fully saturated rings. The van der Waals surface area contributed by atoms with Crippen molar-refractivity contribution in [2.24, 2.45) is 23.2 Å². The van der Waals surface area contributed by atoms with Gasteiger partial charge in [-0.05, 0) is 85.8 Å². The number of sulfonamides is 1. The molecule has 0 atom stereocenters. The Balaban J connectivity index is 1.13. The molecule has 4 aliphatic carbocycles. The van der Waals surface area contributed by atoms with Gasteiger partial charge < -0.3 is 5.32 Å². The summed E-state index contributed by atoms with van der Waals surface area (Å²) in [6.07, 6.45) is 10.0. The van der Waals surface area contributed by atoms with E-state index in [0.29, 0.717) is 46.5 Å². The molecule has 0 unspecified atom stereocenters. The molecule has 4 saturated carbocycles. The molecule has 1 amide bonds. The Morgan fingerprint density at radius 3 is 2.42 bits per heavy atom. The minimum absolute atomic E-state index is 0.0209. The third-order valence-electron chi connectivity index (χ3n) is 8.66. The molecule has 0 saturated heterocycles. The van der Waals surface area contributed by atoms with Crippen molar-refractivity contribution in [1.29, 1.82) is 0 Å². The summed E-state index contributed by atoms with van der Waals surface area (Å²) in [4.78, 5) is 21.9. The Morgan fingerprint density at radius 1 is 1.06 bits per heavy atom. The van der Waals surface area contributed by atoms with Crippen LogP contribution in [-0.4, -0.2) is 35.1 Å². The predicted molar refractivity (Wildman–Crippen MR) is 139 cm³/mol. The van der Waals surface area contributed by atoms with Crippen LogP contribution in [0.25, 0.3) is 0 Å². The van der Waals surface area contributed by atoms with Crippen molar-refractivity contribution in [2.75, 3.05) is 11.9 Å². The summed E-state index contributed by atoms with van der Waals surface area (Å²) >= 11 is 12.0. The summed E-state index contributed by atoms with van der Waals surface area (Å²) in [7, 11) is -3.59. The first-order valence-electron chi connectivity index (χ1n) is 12.7. The highest BCUT2D eigenvalue weighted by Gasteiger charge is 2.51. The third kappa shape index (κ3) is 4.77. The highest BCUT2D eigenvalue weighted by molar-refractivity contribution is 7.88. The van der Waals surface area contributed by atoms with E-state index in [1.54, 1.807) is 18.2 Å². The second-order valence-corrected chi connectivity index (χ2v) is 14.2. The Hall–Kier alpha value is -1.74. The number of fused-ring (bicyclic) bond motifs is 1. The van der Waals surface area contributed by atoms with E-state index in [4.69, 9.17) is 23.2 Å². The summed E-state index contributed by atoms with van der Waals surface area (Å²) in [6, 6.07) is 4.86. The van der Waals surface area contributed by atoms with Gasteiger partial charge in [-0.2, -0.15) is 4.31 Å². The van der Waals surface area contributed by atoms with Crippen LogP contribution in [0.2, 0.25) is 10.0 Å². The van der Waals surface area contributed by atoms with Crippen molar-refractivity contribution in [3.63, 3.8) is 0 Å². The van der Waals surface area contributed by atoms with Gasteiger partial charge in [-0.25, -0.2) is 18.4 Å². The van der Waals surface area contributed by atoms with E-state index >= 15 is 0 Å². The molecule has 5 aliphatic rings. The molecule has 4 bridgehead atoms. The Bertz CT molecular complexity index is 1280. The minimum atomic E-state index is -3.59. The molecule has 1 aromatic heterocycles. The normalized spacial score (nSPS) is 29.2. The van der Waals surface area contributed by atoms with Gasteiger partial charge in [0.05, 0.1) is 28.0 Å². The molecule has 1 aliphatic heterocycles. The van der Waals surface area contributed by atoms with Crippen molar-refractivity contribution in [2.45, 2.75) is 63.7 Å². The van der Waals surface area contributed by atoms with E-state index in [1.807, 2.05) is 0 Å². The maximum absolute atomic E-state index is 13.2. The summed E-state index contributed by atoms with van der Waals surface area (Å²) < 4.78 is 27.7. The lowest BCUT2D eigenvalue weighted by molar-refractivity contribution is -0.124. The lowest BCUT2D eigenvalue weighted by Crippen LogP contribution is -2.47. The van der Waals surface area contributed by atoms with E-state index in [-0.39, 0.29) is 23.6 Å². The summed E-state index contributed by atoms with van der Waals surface area (Å²) in [5.41, 5.74) is 2.20. The van der Waals surface area contributed by atoms with Crippen molar-refractivity contribution >= 4 is 45.0 Å². The molecule has 36 heavy (non-hydrogen) atoms. The summed E-state index contributed by atoms with van der Waals surface area (Å²) in [5.74, 6) is 2.77. The lowest BCUT2D eigenvalue weighted by Gasteiger charge is -2.56. The molecule has 1 aromatic carbocycles. The van der Waals surface area contributed by atoms with Crippen LogP contribution in [0.1, 0.15) is 61.8 Å². The molecule has 10 heteroatoms. The van der Waals surface area contributed by atoms with Crippen LogP contribution < -0.4 is 5.32 Å². The minimum Gasteiger partial charge on any atom is -0.310 e. The van der Waals surface area contributed by atoms with Crippen molar-refractivity contribution in [3.05, 3.63) is 51.4 Å². The molecular weight excluding hydrogens is 519 g/mol. The number of carbonyl (C=O) groups is 1. The molecule has 1 N–H and O–H groups in total. The van der Waals surface area contributed by atoms with E-state index < -0.39 is 10.0 Å². The van der Waals surface area contributed by atoms with Gasteiger partial charge in [0, 0.05) is 18.5 Å². The second-order valence-electron chi connectivity index (χ2n) is 11.4. The van der Waals surface area contributed by atoms with Crippen LogP contribution in [0.4, 0.5) is 5.82 Å². The second kappa shape index (κ2) is 9.22. The van der Waals surface area contributed by atoms with Crippen LogP contribution >= 0.6 is 23.2 Å². The average molecular weight is 550 g/mol. The topological polar surface area (TPSA) is 92.3 Å². The van der Waals surface area contributed by atoms with E-state index in [9.17, 15) is 13.2 Å². The maximum Gasteiger partial charge on any atom is 0.226 e. The van der Waals surface area contributed by atoms with E-state index in [2.05, 4.69) is 15.3 Å². The van der Waals surface area contributed by atoms with Crippen LogP contribution in [0.15, 0.2) is 24.5 Å².